The van der Waals surface area contributed by atoms with Crippen molar-refractivity contribution in [2.45, 2.75) is 25.2 Å². The molecule has 1 aromatic rings. The van der Waals surface area contributed by atoms with E-state index in [1.807, 2.05) is 0 Å². The number of carbonyl (C=O) groups excluding carboxylic acids is 1. The fourth-order valence-electron chi connectivity index (χ4n) is 1.65. The molecule has 9 heteroatoms. The lowest BCUT2D eigenvalue weighted by Gasteiger charge is -2.28. The lowest BCUT2D eigenvalue weighted by molar-refractivity contribution is -0.156. The number of nitrogens with zero attached hydrogens (tertiary/aromatic N) is 1. The molecule has 1 rings (SSSR count). The second-order valence-corrected chi connectivity index (χ2v) is 4.70. The van der Waals surface area contributed by atoms with Crippen LogP contribution >= 0.6 is 0 Å². The van der Waals surface area contributed by atoms with Crippen molar-refractivity contribution in [2.75, 3.05) is 13.7 Å². The van der Waals surface area contributed by atoms with E-state index in [0.29, 0.717) is 12.1 Å². The number of nitrogens with one attached hydrogen (secondary N) is 1. The van der Waals surface area contributed by atoms with Gasteiger partial charge < -0.3 is 15.3 Å². The first kappa shape index (κ1) is 18.1. The average Bonchev–Trinajstić information content (AvgIpc) is 2.43. The summed E-state index contributed by atoms with van der Waals surface area (Å²) in [6, 6.07) is -2.56. The van der Waals surface area contributed by atoms with Crippen molar-refractivity contribution >= 4 is 6.03 Å². The molecule has 0 unspecified atom stereocenters. The largest absolute Gasteiger partial charge is 0.413 e. The topological polar surface area (TPSA) is 52.6 Å². The fraction of sp³-hybridized carbons (Fsp3) is 0.462. The van der Waals surface area contributed by atoms with E-state index in [0.717, 1.165) is 18.0 Å². The summed E-state index contributed by atoms with van der Waals surface area (Å²) >= 11 is 0. The predicted molar refractivity (Wildman–Crippen MR) is 68.0 cm³/mol. The number of carbonyl (C=O) groups is 1. The molecule has 0 heterocycles. The van der Waals surface area contributed by atoms with Crippen LogP contribution in [0.3, 0.4) is 0 Å². The van der Waals surface area contributed by atoms with Gasteiger partial charge in [0, 0.05) is 7.05 Å². The molecule has 0 aliphatic heterocycles. The summed E-state index contributed by atoms with van der Waals surface area (Å²) in [6.45, 7) is 0.917. The van der Waals surface area contributed by atoms with Crippen molar-refractivity contribution in [1.29, 1.82) is 0 Å². The lowest BCUT2D eigenvalue weighted by Crippen LogP contribution is -2.48. The predicted octanol–water partition coefficient (Wildman–Crippen LogP) is 2.59. The number of hydrogen-bond acceptors (Lipinski definition) is 2. The van der Waals surface area contributed by atoms with Crippen LogP contribution in [0, 0.1) is 11.6 Å². The molecule has 1 aromatic carbocycles. The number of amides is 2. The average molecular weight is 326 g/mol. The highest BCUT2D eigenvalue weighted by Crippen LogP contribution is 2.35. The Hall–Kier alpha value is -1.90. The maximum absolute atomic E-state index is 13.6. The standard InChI is InChI=1S/C13H15F5N2O2/c1-7(6-21)20(2)12(22)19-11(13(16,17)18)10-8(14)4-3-5-9(10)15/h3-5,7,11,21H,6H2,1-2H3,(H,19,22)/t7-,11-/m0/s1. The molecule has 0 aliphatic carbocycles. The summed E-state index contributed by atoms with van der Waals surface area (Å²) in [4.78, 5) is 12.6. The molecule has 0 radical (unpaired) electrons. The normalized spacial score (nSPS) is 14.4. The molecule has 22 heavy (non-hydrogen) atoms. The van der Waals surface area contributed by atoms with E-state index >= 15 is 0 Å². The Morgan fingerprint density at radius 3 is 2.23 bits per heavy atom. The Morgan fingerprint density at radius 2 is 1.82 bits per heavy atom. The molecule has 0 saturated heterocycles. The first-order chi connectivity index (χ1) is 10.1. The zero-order chi connectivity index (χ0) is 17.1. The number of rotatable bonds is 4. The summed E-state index contributed by atoms with van der Waals surface area (Å²) in [5.41, 5.74) is -1.28. The minimum absolute atomic E-state index is 0.478. The van der Waals surface area contributed by atoms with Crippen LogP contribution in [0.15, 0.2) is 18.2 Å². The van der Waals surface area contributed by atoms with Crippen LogP contribution in [-0.4, -0.2) is 41.9 Å². The Labute approximate surface area is 123 Å². The van der Waals surface area contributed by atoms with Gasteiger partial charge in [-0.1, -0.05) is 6.07 Å². The van der Waals surface area contributed by atoms with E-state index < -0.39 is 48.1 Å². The Bertz CT molecular complexity index is 515. The molecule has 0 saturated carbocycles. The third kappa shape index (κ3) is 4.06. The zero-order valence-electron chi connectivity index (χ0n) is 11.8. The summed E-state index contributed by atoms with van der Waals surface area (Å²) in [5.74, 6) is -2.83. The van der Waals surface area contributed by atoms with Crippen LogP contribution in [-0.2, 0) is 0 Å². The summed E-state index contributed by atoms with van der Waals surface area (Å²) in [7, 11) is 1.15. The number of benzene rings is 1. The van der Waals surface area contributed by atoms with E-state index in [4.69, 9.17) is 5.11 Å². The number of aliphatic hydroxyl groups excluding tert-OH is 1. The number of aliphatic hydroxyl groups is 1. The van der Waals surface area contributed by atoms with Crippen molar-refractivity contribution in [3.05, 3.63) is 35.4 Å². The van der Waals surface area contributed by atoms with Gasteiger partial charge in [0.2, 0.25) is 0 Å². The molecule has 0 fully saturated rings. The maximum Gasteiger partial charge on any atom is 0.413 e. The molecule has 2 atom stereocenters. The highest BCUT2D eigenvalue weighted by Gasteiger charge is 2.45. The van der Waals surface area contributed by atoms with Crippen LogP contribution in [0.25, 0.3) is 0 Å². The van der Waals surface area contributed by atoms with Gasteiger partial charge in [-0.3, -0.25) is 0 Å². The van der Waals surface area contributed by atoms with E-state index in [-0.39, 0.29) is 0 Å². The quantitative estimate of drug-likeness (QED) is 0.836. The minimum atomic E-state index is -5.10. The van der Waals surface area contributed by atoms with Crippen molar-refractivity contribution in [1.82, 2.24) is 10.2 Å². The number of hydrogen-bond donors (Lipinski definition) is 2. The Balaban J connectivity index is 3.14. The SMILES string of the molecule is C[C@@H](CO)N(C)C(=O)N[C@@H](c1c(F)cccc1F)C(F)(F)F. The molecule has 0 spiro atoms. The van der Waals surface area contributed by atoms with Crippen LogP contribution in [0.4, 0.5) is 26.7 Å². The molecule has 4 nitrogen and oxygen atoms in total. The highest BCUT2D eigenvalue weighted by molar-refractivity contribution is 5.75. The van der Waals surface area contributed by atoms with Gasteiger partial charge in [0.05, 0.1) is 18.2 Å². The Kier molecular flexibility index (Phi) is 5.70. The van der Waals surface area contributed by atoms with Crippen molar-refractivity contribution in [3.63, 3.8) is 0 Å². The molecular formula is C13H15F5N2O2. The first-order valence-corrected chi connectivity index (χ1v) is 6.24. The Morgan fingerprint density at radius 1 is 1.32 bits per heavy atom. The van der Waals surface area contributed by atoms with Gasteiger partial charge in [-0.25, -0.2) is 13.6 Å². The van der Waals surface area contributed by atoms with E-state index in [9.17, 15) is 26.7 Å². The second-order valence-electron chi connectivity index (χ2n) is 4.70. The van der Waals surface area contributed by atoms with Crippen LogP contribution in [0.5, 0.6) is 0 Å². The van der Waals surface area contributed by atoms with Crippen molar-refractivity contribution < 1.29 is 31.9 Å². The minimum Gasteiger partial charge on any atom is -0.394 e. The van der Waals surface area contributed by atoms with Gasteiger partial charge in [0.1, 0.15) is 11.6 Å². The van der Waals surface area contributed by atoms with Gasteiger partial charge >= 0.3 is 12.2 Å². The van der Waals surface area contributed by atoms with E-state index in [1.54, 1.807) is 5.32 Å². The van der Waals surface area contributed by atoms with Gasteiger partial charge in [0.25, 0.3) is 0 Å². The molecular weight excluding hydrogens is 311 g/mol. The molecule has 2 amide bonds. The van der Waals surface area contributed by atoms with Crippen molar-refractivity contribution in [3.8, 4) is 0 Å². The zero-order valence-corrected chi connectivity index (χ0v) is 11.8. The van der Waals surface area contributed by atoms with Crippen molar-refractivity contribution in [2.24, 2.45) is 0 Å². The second kappa shape index (κ2) is 6.91. The van der Waals surface area contributed by atoms with Gasteiger partial charge in [0.15, 0.2) is 6.04 Å². The molecule has 0 aromatic heterocycles. The van der Waals surface area contributed by atoms with Gasteiger partial charge in [-0.15, -0.1) is 0 Å². The maximum atomic E-state index is 13.6. The van der Waals surface area contributed by atoms with E-state index in [1.165, 1.54) is 6.92 Å². The number of likely N-dealkylation sites (N-methyl/N-ethyl adjacent to an activating group) is 1. The summed E-state index contributed by atoms with van der Waals surface area (Å²) in [6.07, 6.45) is -5.10. The molecule has 0 bridgehead atoms. The lowest BCUT2D eigenvalue weighted by atomic mass is 10.1. The fourth-order valence-corrected chi connectivity index (χ4v) is 1.65. The summed E-state index contributed by atoms with van der Waals surface area (Å²) < 4.78 is 66.3. The monoisotopic (exact) mass is 326 g/mol. The third-order valence-corrected chi connectivity index (χ3v) is 3.13. The summed E-state index contributed by atoms with van der Waals surface area (Å²) in [5, 5.41) is 10.4. The number of halogens is 5. The third-order valence-electron chi connectivity index (χ3n) is 3.13. The van der Waals surface area contributed by atoms with Crippen LogP contribution in [0.2, 0.25) is 0 Å². The van der Waals surface area contributed by atoms with Crippen LogP contribution < -0.4 is 5.32 Å². The molecule has 0 aliphatic rings. The highest BCUT2D eigenvalue weighted by atomic mass is 19.4. The number of alkyl halides is 3. The first-order valence-electron chi connectivity index (χ1n) is 6.24. The van der Waals surface area contributed by atoms with Gasteiger partial charge in [-0.2, -0.15) is 13.2 Å². The molecule has 124 valence electrons. The smallest absolute Gasteiger partial charge is 0.394 e. The van der Waals surface area contributed by atoms with E-state index in [2.05, 4.69) is 0 Å². The molecule has 2 N–H and O–H groups in total. The van der Waals surface area contributed by atoms with Crippen LogP contribution in [0.1, 0.15) is 18.5 Å². The van der Waals surface area contributed by atoms with Gasteiger partial charge in [-0.05, 0) is 19.1 Å². The number of urea groups is 1.